The number of pyridine rings is 2. The predicted octanol–water partition coefficient (Wildman–Crippen LogP) is 5.11. The Labute approximate surface area is 173 Å². The van der Waals surface area contributed by atoms with Crippen molar-refractivity contribution in [1.82, 2.24) is 24.3 Å². The van der Waals surface area contributed by atoms with Crippen LogP contribution in [-0.2, 0) is 6.42 Å². The summed E-state index contributed by atoms with van der Waals surface area (Å²) < 4.78 is 2.05. The molecule has 144 valence electrons. The molecule has 4 aromatic heterocycles. The molecule has 30 heavy (non-hydrogen) atoms. The molecule has 5 aromatic rings. The van der Waals surface area contributed by atoms with Crippen LogP contribution in [0.1, 0.15) is 29.7 Å². The zero-order chi connectivity index (χ0) is 19.9. The van der Waals surface area contributed by atoms with E-state index in [4.69, 9.17) is 9.97 Å². The highest BCUT2D eigenvalue weighted by Crippen LogP contribution is 2.31. The minimum atomic E-state index is 0.769. The molecule has 0 saturated heterocycles. The van der Waals surface area contributed by atoms with Crippen LogP contribution < -0.4 is 0 Å². The zero-order valence-electron chi connectivity index (χ0n) is 16.4. The van der Waals surface area contributed by atoms with E-state index in [1.807, 2.05) is 36.9 Å². The Hall–Kier alpha value is -3.86. The third-order valence-corrected chi connectivity index (χ3v) is 5.68. The van der Waals surface area contributed by atoms with Gasteiger partial charge in [-0.05, 0) is 66.8 Å². The van der Waals surface area contributed by atoms with Gasteiger partial charge in [0.1, 0.15) is 5.65 Å². The molecule has 0 atom stereocenters. The fraction of sp³-hybridized carbons (Fsp3) is 0.120. The number of rotatable bonds is 2. The summed E-state index contributed by atoms with van der Waals surface area (Å²) in [6, 6.07) is 14.4. The summed E-state index contributed by atoms with van der Waals surface area (Å²) in [4.78, 5) is 18.5. The first-order valence-corrected chi connectivity index (χ1v) is 10.2. The molecule has 5 heteroatoms. The maximum atomic E-state index is 4.99. The fourth-order valence-corrected chi connectivity index (χ4v) is 4.17. The molecule has 4 heterocycles. The van der Waals surface area contributed by atoms with E-state index < -0.39 is 0 Å². The quantitative estimate of drug-likeness (QED) is 0.421. The second kappa shape index (κ2) is 6.88. The normalized spacial score (nSPS) is 13.8. The Morgan fingerprint density at radius 1 is 0.900 bits per heavy atom. The number of hydrogen-bond acceptors (Lipinski definition) is 4. The number of fused-ring (bicyclic) bond motifs is 3. The van der Waals surface area contributed by atoms with Crippen LogP contribution in [-0.4, -0.2) is 24.3 Å². The van der Waals surface area contributed by atoms with Gasteiger partial charge in [-0.3, -0.25) is 4.98 Å². The zero-order valence-corrected chi connectivity index (χ0v) is 16.4. The van der Waals surface area contributed by atoms with E-state index in [9.17, 15) is 0 Å². The molecule has 0 radical (unpaired) electrons. The van der Waals surface area contributed by atoms with Crippen LogP contribution in [0.25, 0.3) is 33.5 Å². The van der Waals surface area contributed by atoms with Crippen molar-refractivity contribution in [2.45, 2.75) is 19.3 Å². The molecular formula is C25H19N5. The molecule has 0 amide bonds. The van der Waals surface area contributed by atoms with Gasteiger partial charge >= 0.3 is 0 Å². The van der Waals surface area contributed by atoms with E-state index in [1.54, 1.807) is 0 Å². The first-order chi connectivity index (χ1) is 14.8. The Morgan fingerprint density at radius 3 is 2.87 bits per heavy atom. The molecule has 1 aliphatic carbocycles. The van der Waals surface area contributed by atoms with Crippen LogP contribution in [0.5, 0.6) is 0 Å². The number of nitrogens with zero attached hydrogens (tertiary/aromatic N) is 5. The molecular weight excluding hydrogens is 370 g/mol. The Kier molecular flexibility index (Phi) is 3.91. The van der Waals surface area contributed by atoms with Crippen molar-refractivity contribution in [3.8, 4) is 11.4 Å². The summed E-state index contributed by atoms with van der Waals surface area (Å²) in [7, 11) is 0. The van der Waals surface area contributed by atoms with Gasteiger partial charge in [-0.15, -0.1) is 0 Å². The van der Waals surface area contributed by atoms with E-state index in [-0.39, 0.29) is 0 Å². The van der Waals surface area contributed by atoms with Gasteiger partial charge in [0.2, 0.25) is 0 Å². The molecule has 0 bridgehead atoms. The lowest BCUT2D eigenvalue weighted by atomic mass is 9.99. The van der Waals surface area contributed by atoms with Gasteiger partial charge in [-0.2, -0.15) is 0 Å². The van der Waals surface area contributed by atoms with Gasteiger partial charge in [0.25, 0.3) is 0 Å². The van der Waals surface area contributed by atoms with E-state index in [0.29, 0.717) is 0 Å². The van der Waals surface area contributed by atoms with Crippen molar-refractivity contribution < 1.29 is 0 Å². The minimum Gasteiger partial charge on any atom is -0.306 e. The van der Waals surface area contributed by atoms with Gasteiger partial charge < -0.3 is 4.40 Å². The molecule has 0 fully saturated rings. The second-order valence-electron chi connectivity index (χ2n) is 7.59. The number of allylic oxidation sites excluding steroid dienone is 1. The van der Waals surface area contributed by atoms with Crippen LogP contribution in [0.2, 0.25) is 0 Å². The summed E-state index contributed by atoms with van der Waals surface area (Å²) in [5.74, 6) is 0.769. The van der Waals surface area contributed by atoms with Gasteiger partial charge in [0.05, 0.1) is 11.2 Å². The van der Waals surface area contributed by atoms with Gasteiger partial charge in [0.15, 0.2) is 5.82 Å². The number of hydrogen-bond donors (Lipinski definition) is 0. The van der Waals surface area contributed by atoms with Crippen molar-refractivity contribution >= 4 is 22.1 Å². The maximum absolute atomic E-state index is 4.99. The molecule has 0 unspecified atom stereocenters. The first kappa shape index (κ1) is 17.0. The topological polar surface area (TPSA) is 56.0 Å². The summed E-state index contributed by atoms with van der Waals surface area (Å²) in [6.07, 6.45) is 15.1. The smallest absolute Gasteiger partial charge is 0.159 e. The van der Waals surface area contributed by atoms with Crippen LogP contribution >= 0.6 is 0 Å². The monoisotopic (exact) mass is 389 g/mol. The van der Waals surface area contributed by atoms with Crippen LogP contribution in [0.15, 0.2) is 79.5 Å². The lowest BCUT2D eigenvalue weighted by Gasteiger charge is -2.12. The predicted molar refractivity (Wildman–Crippen MR) is 118 cm³/mol. The molecule has 0 spiro atoms. The molecule has 0 aliphatic heterocycles. The SMILES string of the molecule is C1=C(c2ccc3nccn3c2)c2cnc(-c3ccc4ncccc4c3)nc2CCC1. The lowest BCUT2D eigenvalue weighted by Crippen LogP contribution is -2.02. The van der Waals surface area contributed by atoms with Crippen molar-refractivity contribution in [1.29, 1.82) is 0 Å². The third kappa shape index (κ3) is 2.87. The van der Waals surface area contributed by atoms with Crippen LogP contribution in [0, 0.1) is 0 Å². The minimum absolute atomic E-state index is 0.769. The fourth-order valence-electron chi connectivity index (χ4n) is 4.17. The van der Waals surface area contributed by atoms with Gasteiger partial charge in [0, 0.05) is 47.5 Å². The summed E-state index contributed by atoms with van der Waals surface area (Å²) in [5, 5.41) is 1.10. The summed E-state index contributed by atoms with van der Waals surface area (Å²) >= 11 is 0. The molecule has 5 nitrogen and oxygen atoms in total. The second-order valence-corrected chi connectivity index (χ2v) is 7.59. The average Bonchev–Trinajstić information content (AvgIpc) is 3.17. The Balaban J connectivity index is 1.44. The van der Waals surface area contributed by atoms with Gasteiger partial charge in [-0.1, -0.05) is 12.1 Å². The average molecular weight is 389 g/mol. The van der Waals surface area contributed by atoms with E-state index in [2.05, 4.69) is 57.0 Å². The molecule has 1 aromatic carbocycles. The molecule has 0 saturated carbocycles. The number of benzene rings is 1. The summed E-state index contributed by atoms with van der Waals surface area (Å²) in [6.45, 7) is 0. The van der Waals surface area contributed by atoms with E-state index in [0.717, 1.165) is 64.0 Å². The van der Waals surface area contributed by atoms with Crippen molar-refractivity contribution in [2.75, 3.05) is 0 Å². The highest BCUT2D eigenvalue weighted by Gasteiger charge is 2.17. The van der Waals surface area contributed by atoms with E-state index in [1.165, 1.54) is 5.57 Å². The number of imidazole rings is 1. The largest absolute Gasteiger partial charge is 0.306 e. The number of aryl methyl sites for hydroxylation is 1. The van der Waals surface area contributed by atoms with Gasteiger partial charge in [-0.25, -0.2) is 15.0 Å². The van der Waals surface area contributed by atoms with Crippen molar-refractivity contribution in [2.24, 2.45) is 0 Å². The highest BCUT2D eigenvalue weighted by atomic mass is 15.0. The third-order valence-electron chi connectivity index (χ3n) is 5.68. The van der Waals surface area contributed by atoms with Crippen LogP contribution in [0.4, 0.5) is 0 Å². The molecule has 0 N–H and O–H groups in total. The standard InChI is InChI=1S/C25H19N5/c1-2-6-23-21(20(5-1)19-8-10-24-27-12-13-30(24)16-19)15-28-25(29-23)18-7-9-22-17(14-18)4-3-11-26-22/h3-5,7-16H,1-2,6H2. The summed E-state index contributed by atoms with van der Waals surface area (Å²) in [5.41, 5.74) is 7.55. The van der Waals surface area contributed by atoms with Crippen molar-refractivity contribution in [3.63, 3.8) is 0 Å². The lowest BCUT2D eigenvalue weighted by molar-refractivity contribution is 0.822. The van der Waals surface area contributed by atoms with Crippen molar-refractivity contribution in [3.05, 3.63) is 96.3 Å². The van der Waals surface area contributed by atoms with Crippen LogP contribution in [0.3, 0.4) is 0 Å². The maximum Gasteiger partial charge on any atom is 0.159 e. The Morgan fingerprint density at radius 2 is 1.87 bits per heavy atom. The molecule has 1 aliphatic rings. The first-order valence-electron chi connectivity index (χ1n) is 10.2. The van der Waals surface area contributed by atoms with E-state index >= 15 is 0 Å². The Bertz CT molecular complexity index is 1430. The number of aromatic nitrogens is 5. The highest BCUT2D eigenvalue weighted by molar-refractivity contribution is 5.84. The molecule has 6 rings (SSSR count).